The number of aromatic nitrogens is 2. The van der Waals surface area contributed by atoms with E-state index in [9.17, 15) is 0 Å². The molecule has 1 aromatic heterocycles. The molecule has 6 nitrogen and oxygen atoms in total. The fourth-order valence-corrected chi connectivity index (χ4v) is 2.42. The molecule has 0 unspecified atom stereocenters. The minimum absolute atomic E-state index is 0.488. The topological polar surface area (TPSA) is 68.3 Å². The highest BCUT2D eigenvalue weighted by atomic mass is 35.5. The Morgan fingerprint density at radius 2 is 1.85 bits per heavy atom. The van der Waals surface area contributed by atoms with E-state index in [4.69, 9.17) is 21.1 Å². The highest BCUT2D eigenvalue weighted by molar-refractivity contribution is 6.30. The van der Waals surface area contributed by atoms with Crippen molar-refractivity contribution in [1.29, 1.82) is 0 Å². The van der Waals surface area contributed by atoms with Crippen LogP contribution < -0.4 is 20.1 Å². The van der Waals surface area contributed by atoms with Gasteiger partial charge in [-0.3, -0.25) is 0 Å². The molecule has 0 aliphatic carbocycles. The molecule has 0 amide bonds. The summed E-state index contributed by atoms with van der Waals surface area (Å²) in [5.41, 5.74) is 0.866. The third-order valence-electron chi connectivity index (χ3n) is 3.47. The van der Waals surface area contributed by atoms with Crippen LogP contribution in [0.15, 0.2) is 60.8 Å². The molecule has 0 saturated carbocycles. The summed E-state index contributed by atoms with van der Waals surface area (Å²) in [6.45, 7) is 1.06. The molecule has 134 valence electrons. The van der Waals surface area contributed by atoms with Gasteiger partial charge in [0.15, 0.2) is 0 Å². The predicted molar refractivity (Wildman–Crippen MR) is 104 cm³/mol. The van der Waals surface area contributed by atoms with Crippen LogP contribution in [0.25, 0.3) is 0 Å². The lowest BCUT2D eigenvalue weighted by Gasteiger charge is -2.10. The van der Waals surface area contributed by atoms with E-state index in [-0.39, 0.29) is 0 Å². The molecule has 0 bridgehead atoms. The van der Waals surface area contributed by atoms with E-state index in [0.717, 1.165) is 17.2 Å². The van der Waals surface area contributed by atoms with Crippen molar-refractivity contribution in [3.8, 4) is 11.5 Å². The Morgan fingerprint density at radius 3 is 2.62 bits per heavy atom. The molecular weight excluding hydrogens is 352 g/mol. The average molecular weight is 371 g/mol. The molecule has 0 saturated heterocycles. The Balaban J connectivity index is 1.49. The molecule has 7 heteroatoms. The molecular formula is C19H19ClN4O2. The van der Waals surface area contributed by atoms with E-state index in [1.54, 1.807) is 19.4 Å². The molecule has 26 heavy (non-hydrogen) atoms. The highest BCUT2D eigenvalue weighted by Crippen LogP contribution is 2.19. The monoisotopic (exact) mass is 370 g/mol. The van der Waals surface area contributed by atoms with Crippen LogP contribution in [0.2, 0.25) is 5.02 Å². The first-order valence-corrected chi connectivity index (χ1v) is 8.47. The Morgan fingerprint density at radius 1 is 1.04 bits per heavy atom. The summed E-state index contributed by atoms with van der Waals surface area (Å²) < 4.78 is 10.8. The molecule has 0 aliphatic rings. The van der Waals surface area contributed by atoms with E-state index in [1.165, 1.54) is 0 Å². The molecule has 2 N–H and O–H groups in total. The number of hydrogen-bond donors (Lipinski definition) is 2. The van der Waals surface area contributed by atoms with Crippen molar-refractivity contribution in [2.45, 2.75) is 0 Å². The number of hydrogen-bond acceptors (Lipinski definition) is 6. The average Bonchev–Trinajstić information content (AvgIpc) is 2.66. The number of nitrogens with one attached hydrogen (secondary N) is 2. The lowest BCUT2D eigenvalue weighted by molar-refractivity contribution is 0.331. The normalized spacial score (nSPS) is 10.2. The van der Waals surface area contributed by atoms with Gasteiger partial charge in [0.2, 0.25) is 5.95 Å². The summed E-state index contributed by atoms with van der Waals surface area (Å²) in [7, 11) is 1.63. The second kappa shape index (κ2) is 8.92. The molecule has 0 spiro atoms. The fraction of sp³-hybridized carbons (Fsp3) is 0.158. The Kier molecular flexibility index (Phi) is 6.11. The van der Waals surface area contributed by atoms with Crippen molar-refractivity contribution in [2.24, 2.45) is 0 Å². The zero-order chi connectivity index (χ0) is 18.2. The van der Waals surface area contributed by atoms with Crippen molar-refractivity contribution < 1.29 is 9.47 Å². The largest absolute Gasteiger partial charge is 0.497 e. The van der Waals surface area contributed by atoms with Gasteiger partial charge in [-0.2, -0.15) is 4.98 Å². The molecule has 0 fully saturated rings. The molecule has 2 aromatic carbocycles. The number of anilines is 3. The second-order valence-electron chi connectivity index (χ2n) is 5.35. The summed E-state index contributed by atoms with van der Waals surface area (Å²) in [6.07, 6.45) is 1.69. The summed E-state index contributed by atoms with van der Waals surface area (Å²) in [5.74, 6) is 2.79. The standard InChI is InChI=1S/C19H19ClN4O2/c1-25-16-5-7-17(8-6-16)26-12-11-22-19-21-10-9-18(24-19)23-15-4-2-3-14(20)13-15/h2-10,13H,11-12H2,1H3,(H2,21,22,23,24). The first-order chi connectivity index (χ1) is 12.7. The zero-order valence-corrected chi connectivity index (χ0v) is 15.0. The summed E-state index contributed by atoms with van der Waals surface area (Å²) in [6, 6.07) is 16.7. The molecule has 0 atom stereocenters. The second-order valence-corrected chi connectivity index (χ2v) is 5.79. The lowest BCUT2D eigenvalue weighted by Crippen LogP contribution is -2.13. The Labute approximate surface area is 157 Å². The number of ether oxygens (including phenoxy) is 2. The lowest BCUT2D eigenvalue weighted by atomic mass is 10.3. The van der Waals surface area contributed by atoms with Crippen molar-refractivity contribution >= 4 is 29.1 Å². The highest BCUT2D eigenvalue weighted by Gasteiger charge is 2.01. The van der Waals surface area contributed by atoms with E-state index in [1.807, 2.05) is 48.5 Å². The van der Waals surface area contributed by atoms with E-state index < -0.39 is 0 Å². The smallest absolute Gasteiger partial charge is 0.224 e. The minimum atomic E-state index is 0.488. The first kappa shape index (κ1) is 17.8. The van der Waals surface area contributed by atoms with Crippen LogP contribution in [0, 0.1) is 0 Å². The van der Waals surface area contributed by atoms with E-state index in [0.29, 0.717) is 29.9 Å². The zero-order valence-electron chi connectivity index (χ0n) is 14.3. The number of benzene rings is 2. The summed E-state index contributed by atoms with van der Waals surface area (Å²) in [5, 5.41) is 7.00. The Bertz CT molecular complexity index is 843. The predicted octanol–water partition coefficient (Wildman–Crippen LogP) is 4.37. The van der Waals surface area contributed by atoms with Crippen LogP contribution in [-0.2, 0) is 0 Å². The quantitative estimate of drug-likeness (QED) is 0.574. The number of nitrogens with zero attached hydrogens (tertiary/aromatic N) is 2. The van der Waals surface area contributed by atoms with Crippen LogP contribution in [0.1, 0.15) is 0 Å². The van der Waals surface area contributed by atoms with Gasteiger partial charge in [-0.1, -0.05) is 17.7 Å². The maximum absolute atomic E-state index is 5.99. The number of halogens is 1. The van der Waals surface area contributed by atoms with Crippen molar-refractivity contribution in [2.75, 3.05) is 30.9 Å². The van der Waals surface area contributed by atoms with Gasteiger partial charge < -0.3 is 20.1 Å². The van der Waals surface area contributed by atoms with Crippen LogP contribution in [0.3, 0.4) is 0 Å². The van der Waals surface area contributed by atoms with E-state index in [2.05, 4.69) is 20.6 Å². The maximum atomic E-state index is 5.99. The van der Waals surface area contributed by atoms with Gasteiger partial charge in [0.25, 0.3) is 0 Å². The number of rotatable bonds is 8. The van der Waals surface area contributed by atoms with Crippen LogP contribution in [0.5, 0.6) is 11.5 Å². The Hall–Kier alpha value is -2.99. The third kappa shape index (κ3) is 5.26. The molecule has 0 aliphatic heterocycles. The molecule has 0 radical (unpaired) electrons. The van der Waals surface area contributed by atoms with Crippen LogP contribution in [0.4, 0.5) is 17.5 Å². The van der Waals surface area contributed by atoms with Gasteiger partial charge in [-0.15, -0.1) is 0 Å². The minimum Gasteiger partial charge on any atom is -0.497 e. The van der Waals surface area contributed by atoms with Gasteiger partial charge in [-0.05, 0) is 48.5 Å². The van der Waals surface area contributed by atoms with Crippen molar-refractivity contribution in [3.05, 3.63) is 65.8 Å². The molecule has 3 rings (SSSR count). The summed E-state index contributed by atoms with van der Waals surface area (Å²) in [4.78, 5) is 8.62. The number of methoxy groups -OCH3 is 1. The van der Waals surface area contributed by atoms with Crippen molar-refractivity contribution in [3.63, 3.8) is 0 Å². The molecule has 3 aromatic rings. The van der Waals surface area contributed by atoms with Crippen molar-refractivity contribution in [1.82, 2.24) is 9.97 Å². The maximum Gasteiger partial charge on any atom is 0.224 e. The molecule has 1 heterocycles. The third-order valence-corrected chi connectivity index (χ3v) is 3.70. The van der Waals surface area contributed by atoms with Gasteiger partial charge in [0.1, 0.15) is 23.9 Å². The van der Waals surface area contributed by atoms with Gasteiger partial charge in [0, 0.05) is 16.9 Å². The van der Waals surface area contributed by atoms with Gasteiger partial charge in [-0.25, -0.2) is 4.98 Å². The van der Waals surface area contributed by atoms with Gasteiger partial charge in [0.05, 0.1) is 13.7 Å². The van der Waals surface area contributed by atoms with Crippen LogP contribution in [-0.4, -0.2) is 30.2 Å². The summed E-state index contributed by atoms with van der Waals surface area (Å²) >= 11 is 5.99. The van der Waals surface area contributed by atoms with Crippen LogP contribution >= 0.6 is 11.6 Å². The fourth-order valence-electron chi connectivity index (χ4n) is 2.23. The SMILES string of the molecule is COc1ccc(OCCNc2nccc(Nc3cccc(Cl)c3)n2)cc1. The van der Waals surface area contributed by atoms with Gasteiger partial charge >= 0.3 is 0 Å². The van der Waals surface area contributed by atoms with E-state index >= 15 is 0 Å². The first-order valence-electron chi connectivity index (χ1n) is 8.09.